The number of rotatable bonds is 4. The second-order valence-corrected chi connectivity index (χ2v) is 3.29. The molecular formula is C4H7O5S-. The zero-order valence-corrected chi connectivity index (χ0v) is 6.18. The van der Waals surface area contributed by atoms with Gasteiger partial charge in [0.05, 0.1) is 12.9 Å². The van der Waals surface area contributed by atoms with Crippen LogP contribution in [-0.2, 0) is 19.1 Å². The van der Waals surface area contributed by atoms with Gasteiger partial charge in [-0.3, -0.25) is 4.18 Å². The zero-order valence-electron chi connectivity index (χ0n) is 5.36. The molecule has 10 heavy (non-hydrogen) atoms. The zero-order chi connectivity index (χ0) is 8.20. The van der Waals surface area contributed by atoms with Crippen molar-refractivity contribution in [2.75, 3.05) is 12.9 Å². The average molecular weight is 167 g/mol. The molecule has 0 aliphatic carbocycles. The molecule has 0 heterocycles. The van der Waals surface area contributed by atoms with Gasteiger partial charge in [-0.05, 0) is 0 Å². The molecule has 0 unspecified atom stereocenters. The monoisotopic (exact) mass is 167 g/mol. The topological polar surface area (TPSA) is 83.5 Å². The minimum atomic E-state index is -3.51. The van der Waals surface area contributed by atoms with Crippen molar-refractivity contribution in [1.82, 2.24) is 0 Å². The van der Waals surface area contributed by atoms with E-state index >= 15 is 0 Å². The Bertz CT molecular complexity index is 204. The molecule has 0 spiro atoms. The standard InChI is InChI=1S/C4H8O5S/c1-10(7,8)9-3-2-4(5)6/h2-3H2,1H3,(H,5,6)/p-1. The first-order chi connectivity index (χ1) is 4.42. The molecule has 0 aliphatic heterocycles. The van der Waals surface area contributed by atoms with Gasteiger partial charge in [0.25, 0.3) is 10.1 Å². The predicted octanol–water partition coefficient (Wildman–Crippen LogP) is -1.90. The van der Waals surface area contributed by atoms with Crippen molar-refractivity contribution in [2.45, 2.75) is 6.42 Å². The van der Waals surface area contributed by atoms with Gasteiger partial charge in [0.2, 0.25) is 0 Å². The van der Waals surface area contributed by atoms with Crippen LogP contribution in [0.25, 0.3) is 0 Å². The quantitative estimate of drug-likeness (QED) is 0.457. The first kappa shape index (κ1) is 9.38. The van der Waals surface area contributed by atoms with Crippen LogP contribution in [0, 0.1) is 0 Å². The summed E-state index contributed by atoms with van der Waals surface area (Å²) in [5, 5.41) is 9.70. The maximum absolute atomic E-state index is 10.2. The SMILES string of the molecule is CS(=O)(=O)OCCC(=O)[O-]. The Labute approximate surface area is 58.7 Å². The van der Waals surface area contributed by atoms with E-state index in [1.165, 1.54) is 0 Å². The van der Waals surface area contributed by atoms with Gasteiger partial charge in [-0.2, -0.15) is 8.42 Å². The lowest BCUT2D eigenvalue weighted by atomic mass is 10.5. The van der Waals surface area contributed by atoms with E-state index in [9.17, 15) is 18.3 Å². The van der Waals surface area contributed by atoms with E-state index in [0.29, 0.717) is 0 Å². The Hall–Kier alpha value is -0.620. The molecule has 0 bridgehead atoms. The van der Waals surface area contributed by atoms with E-state index in [4.69, 9.17) is 0 Å². The van der Waals surface area contributed by atoms with Gasteiger partial charge in [-0.15, -0.1) is 0 Å². The van der Waals surface area contributed by atoms with Crippen LogP contribution in [0.3, 0.4) is 0 Å². The van der Waals surface area contributed by atoms with Crippen LogP contribution in [0.15, 0.2) is 0 Å². The molecule has 6 heteroatoms. The number of carboxylic acid groups (broad SMARTS) is 1. The summed E-state index contributed by atoms with van der Waals surface area (Å²) < 4.78 is 24.4. The molecule has 0 aliphatic rings. The van der Waals surface area contributed by atoms with Crippen molar-refractivity contribution >= 4 is 16.1 Å². The maximum Gasteiger partial charge on any atom is 0.264 e. The molecule has 0 aromatic rings. The van der Waals surface area contributed by atoms with E-state index in [-0.39, 0.29) is 6.61 Å². The smallest absolute Gasteiger partial charge is 0.264 e. The minimum Gasteiger partial charge on any atom is -0.550 e. The number of carbonyl (C=O) groups is 1. The highest BCUT2D eigenvalue weighted by Gasteiger charge is 1.99. The van der Waals surface area contributed by atoms with Gasteiger partial charge in [-0.25, -0.2) is 0 Å². The fourth-order valence-electron chi connectivity index (χ4n) is 0.276. The number of aliphatic carboxylic acids is 1. The molecule has 0 amide bonds. The van der Waals surface area contributed by atoms with Crippen LogP contribution in [0.2, 0.25) is 0 Å². The van der Waals surface area contributed by atoms with Crippen molar-refractivity contribution in [2.24, 2.45) is 0 Å². The van der Waals surface area contributed by atoms with Crippen molar-refractivity contribution < 1.29 is 22.5 Å². The Morgan fingerprint density at radius 3 is 2.40 bits per heavy atom. The van der Waals surface area contributed by atoms with Crippen molar-refractivity contribution in [3.8, 4) is 0 Å². The highest BCUT2D eigenvalue weighted by atomic mass is 32.2. The van der Waals surface area contributed by atoms with E-state index in [2.05, 4.69) is 4.18 Å². The summed E-state index contributed by atoms with van der Waals surface area (Å²) in [6.45, 7) is -0.360. The Morgan fingerprint density at radius 2 is 2.10 bits per heavy atom. The summed E-state index contributed by atoms with van der Waals surface area (Å²) in [6, 6.07) is 0. The Balaban J connectivity index is 3.49. The first-order valence-corrected chi connectivity index (χ1v) is 4.28. The van der Waals surface area contributed by atoms with Gasteiger partial charge in [-0.1, -0.05) is 0 Å². The molecule has 0 N–H and O–H groups in total. The summed E-state index contributed by atoms with van der Waals surface area (Å²) >= 11 is 0. The third kappa shape index (κ3) is 7.38. The summed E-state index contributed by atoms with van der Waals surface area (Å²) in [7, 11) is -3.51. The highest BCUT2D eigenvalue weighted by Crippen LogP contribution is 1.87. The van der Waals surface area contributed by atoms with Crippen LogP contribution in [0.5, 0.6) is 0 Å². The molecule has 0 aromatic carbocycles. The lowest BCUT2D eigenvalue weighted by molar-refractivity contribution is -0.306. The fraction of sp³-hybridized carbons (Fsp3) is 0.750. The van der Waals surface area contributed by atoms with Crippen molar-refractivity contribution in [3.63, 3.8) is 0 Å². The molecule has 0 aromatic heterocycles. The number of carbonyl (C=O) groups excluding carboxylic acids is 1. The predicted molar refractivity (Wildman–Crippen MR) is 30.4 cm³/mol. The first-order valence-electron chi connectivity index (χ1n) is 2.46. The average Bonchev–Trinajstić information content (AvgIpc) is 1.59. The molecule has 0 saturated heterocycles. The van der Waals surface area contributed by atoms with Crippen LogP contribution in [0.4, 0.5) is 0 Å². The lowest BCUT2D eigenvalue weighted by Crippen LogP contribution is -2.24. The Kier molecular flexibility index (Phi) is 3.31. The molecule has 0 rings (SSSR count). The number of hydrogen-bond donors (Lipinski definition) is 0. The molecule has 0 radical (unpaired) electrons. The summed E-state index contributed by atoms with van der Waals surface area (Å²) in [5.41, 5.74) is 0. The van der Waals surface area contributed by atoms with Gasteiger partial charge >= 0.3 is 0 Å². The number of carboxylic acids is 1. The normalized spacial score (nSPS) is 11.3. The fourth-order valence-corrected chi connectivity index (χ4v) is 0.662. The van der Waals surface area contributed by atoms with Gasteiger partial charge in [0.15, 0.2) is 0 Å². The molecular weight excluding hydrogens is 160 g/mol. The number of hydrogen-bond acceptors (Lipinski definition) is 5. The van der Waals surface area contributed by atoms with Crippen LogP contribution >= 0.6 is 0 Å². The van der Waals surface area contributed by atoms with E-state index in [1.54, 1.807) is 0 Å². The molecule has 60 valence electrons. The highest BCUT2D eigenvalue weighted by molar-refractivity contribution is 7.85. The maximum atomic E-state index is 10.2. The van der Waals surface area contributed by atoms with Gasteiger partial charge in [0, 0.05) is 12.4 Å². The molecule has 5 nitrogen and oxygen atoms in total. The van der Waals surface area contributed by atoms with Gasteiger partial charge < -0.3 is 9.90 Å². The second-order valence-electron chi connectivity index (χ2n) is 1.65. The summed E-state index contributed by atoms with van der Waals surface area (Å²) in [4.78, 5) is 9.70. The third-order valence-electron chi connectivity index (χ3n) is 0.604. The molecule has 0 saturated carbocycles. The third-order valence-corrected chi connectivity index (χ3v) is 1.20. The van der Waals surface area contributed by atoms with Gasteiger partial charge in [0.1, 0.15) is 0 Å². The molecule has 0 fully saturated rings. The summed E-state index contributed by atoms with van der Waals surface area (Å²) in [5.74, 6) is -1.33. The Morgan fingerprint density at radius 1 is 1.60 bits per heavy atom. The minimum absolute atomic E-state index is 0.360. The van der Waals surface area contributed by atoms with Crippen LogP contribution < -0.4 is 5.11 Å². The van der Waals surface area contributed by atoms with E-state index in [0.717, 1.165) is 6.26 Å². The van der Waals surface area contributed by atoms with E-state index < -0.39 is 22.5 Å². The van der Waals surface area contributed by atoms with Crippen molar-refractivity contribution in [1.29, 1.82) is 0 Å². The largest absolute Gasteiger partial charge is 0.550 e. The van der Waals surface area contributed by atoms with Crippen LogP contribution in [0.1, 0.15) is 6.42 Å². The van der Waals surface area contributed by atoms with Crippen molar-refractivity contribution in [3.05, 3.63) is 0 Å². The lowest BCUT2D eigenvalue weighted by Gasteiger charge is -2.00. The van der Waals surface area contributed by atoms with Crippen LogP contribution in [-0.4, -0.2) is 27.2 Å². The summed E-state index contributed by atoms with van der Waals surface area (Å²) in [6.07, 6.45) is 0.440. The molecule has 0 atom stereocenters. The second kappa shape index (κ2) is 3.52. The van der Waals surface area contributed by atoms with E-state index in [1.807, 2.05) is 0 Å².